The maximum atomic E-state index is 12.7. The van der Waals surface area contributed by atoms with Gasteiger partial charge in [-0.05, 0) is 29.8 Å². The molecule has 0 fully saturated rings. The maximum absolute atomic E-state index is 12.7. The second kappa shape index (κ2) is 6.97. The maximum Gasteiger partial charge on any atom is 0.176 e. The van der Waals surface area contributed by atoms with Crippen molar-refractivity contribution in [2.75, 3.05) is 0 Å². The molecule has 1 aromatic heterocycles. The SMILES string of the molecule is Cl.Fc1ccc(CNCc2cccc(Cl)c2)s1. The van der Waals surface area contributed by atoms with Gasteiger partial charge in [-0.1, -0.05) is 23.7 Å². The fourth-order valence-corrected chi connectivity index (χ4v) is 2.33. The van der Waals surface area contributed by atoms with Gasteiger partial charge < -0.3 is 5.32 Å². The van der Waals surface area contributed by atoms with Gasteiger partial charge in [0.25, 0.3) is 0 Å². The van der Waals surface area contributed by atoms with E-state index < -0.39 is 0 Å². The molecule has 0 aliphatic carbocycles. The van der Waals surface area contributed by atoms with Crippen LogP contribution < -0.4 is 5.32 Å². The van der Waals surface area contributed by atoms with Crippen LogP contribution in [-0.4, -0.2) is 0 Å². The van der Waals surface area contributed by atoms with Gasteiger partial charge >= 0.3 is 0 Å². The molecule has 0 saturated carbocycles. The molecular formula is C12H12Cl2FNS. The molecular weight excluding hydrogens is 280 g/mol. The molecule has 0 bridgehead atoms. The molecule has 0 saturated heterocycles. The van der Waals surface area contributed by atoms with Crippen LogP contribution in [0.2, 0.25) is 5.02 Å². The summed E-state index contributed by atoms with van der Waals surface area (Å²) in [4.78, 5) is 1.000. The van der Waals surface area contributed by atoms with Crippen LogP contribution in [0.25, 0.3) is 0 Å². The van der Waals surface area contributed by atoms with Gasteiger partial charge in [0.1, 0.15) is 0 Å². The van der Waals surface area contributed by atoms with Crippen molar-refractivity contribution in [2.45, 2.75) is 13.1 Å². The van der Waals surface area contributed by atoms with Crippen molar-refractivity contribution >= 4 is 35.3 Å². The van der Waals surface area contributed by atoms with Gasteiger partial charge in [-0.25, -0.2) is 0 Å². The van der Waals surface area contributed by atoms with Crippen LogP contribution in [-0.2, 0) is 13.1 Å². The molecule has 17 heavy (non-hydrogen) atoms. The van der Waals surface area contributed by atoms with Crippen LogP contribution in [0.3, 0.4) is 0 Å². The molecule has 0 unspecified atom stereocenters. The predicted molar refractivity (Wildman–Crippen MR) is 73.5 cm³/mol. The first-order valence-electron chi connectivity index (χ1n) is 4.93. The molecule has 5 heteroatoms. The molecule has 0 aliphatic heterocycles. The van der Waals surface area contributed by atoms with Crippen molar-refractivity contribution in [1.29, 1.82) is 0 Å². The minimum absolute atomic E-state index is 0. The lowest BCUT2D eigenvalue weighted by Crippen LogP contribution is -2.11. The van der Waals surface area contributed by atoms with Crippen LogP contribution >= 0.6 is 35.3 Å². The summed E-state index contributed by atoms with van der Waals surface area (Å²) in [5, 5.41) is 3.84. The van der Waals surface area contributed by atoms with E-state index in [0.717, 1.165) is 22.0 Å². The smallest absolute Gasteiger partial charge is 0.176 e. The monoisotopic (exact) mass is 291 g/mol. The summed E-state index contributed by atoms with van der Waals surface area (Å²) >= 11 is 7.04. The number of hydrogen-bond donors (Lipinski definition) is 1. The molecule has 0 spiro atoms. The average molecular weight is 292 g/mol. The highest BCUT2D eigenvalue weighted by Gasteiger charge is 1.99. The third-order valence-corrected chi connectivity index (χ3v) is 3.26. The van der Waals surface area contributed by atoms with Crippen LogP contribution in [0.5, 0.6) is 0 Å². The van der Waals surface area contributed by atoms with E-state index in [1.54, 1.807) is 6.07 Å². The Morgan fingerprint density at radius 2 is 2.00 bits per heavy atom. The first-order chi connectivity index (χ1) is 7.74. The summed E-state index contributed by atoms with van der Waals surface area (Å²) in [5.41, 5.74) is 1.13. The quantitative estimate of drug-likeness (QED) is 0.888. The Morgan fingerprint density at radius 3 is 2.65 bits per heavy atom. The van der Waals surface area contributed by atoms with Gasteiger partial charge in [-0.3, -0.25) is 0 Å². The first-order valence-corrected chi connectivity index (χ1v) is 6.13. The van der Waals surface area contributed by atoms with Crippen molar-refractivity contribution in [3.8, 4) is 0 Å². The van der Waals surface area contributed by atoms with E-state index in [4.69, 9.17) is 11.6 Å². The second-order valence-corrected chi connectivity index (χ2v) is 4.99. The van der Waals surface area contributed by atoms with Crippen molar-refractivity contribution in [3.05, 3.63) is 57.0 Å². The molecule has 0 radical (unpaired) electrons. The number of thiophene rings is 1. The minimum atomic E-state index is -0.139. The van der Waals surface area contributed by atoms with Crippen molar-refractivity contribution in [1.82, 2.24) is 5.32 Å². The zero-order valence-electron chi connectivity index (χ0n) is 8.95. The molecule has 1 N–H and O–H groups in total. The molecule has 2 aromatic rings. The average Bonchev–Trinajstić information content (AvgIpc) is 2.64. The highest BCUT2D eigenvalue weighted by molar-refractivity contribution is 7.10. The fraction of sp³-hybridized carbons (Fsp3) is 0.167. The topological polar surface area (TPSA) is 12.0 Å². The normalized spacial score (nSPS) is 10.0. The molecule has 0 aliphatic rings. The van der Waals surface area contributed by atoms with E-state index in [-0.39, 0.29) is 17.5 Å². The Kier molecular flexibility index (Phi) is 5.92. The molecule has 0 atom stereocenters. The van der Waals surface area contributed by atoms with E-state index in [9.17, 15) is 4.39 Å². The number of benzene rings is 1. The summed E-state index contributed by atoms with van der Waals surface area (Å²) in [7, 11) is 0. The molecule has 1 nitrogen and oxygen atoms in total. The zero-order valence-corrected chi connectivity index (χ0v) is 11.3. The summed E-state index contributed by atoms with van der Waals surface area (Å²) in [5.74, 6) is 0. The molecule has 1 heterocycles. The number of hydrogen-bond acceptors (Lipinski definition) is 2. The Labute approximate surface area is 115 Å². The summed E-state index contributed by atoms with van der Waals surface area (Å²) in [6.45, 7) is 1.42. The van der Waals surface area contributed by atoms with E-state index >= 15 is 0 Å². The van der Waals surface area contributed by atoms with E-state index in [0.29, 0.717) is 6.54 Å². The third kappa shape index (κ3) is 4.64. The largest absolute Gasteiger partial charge is 0.308 e. The predicted octanol–water partition coefficient (Wildman–Crippen LogP) is 4.25. The zero-order chi connectivity index (χ0) is 11.4. The van der Waals surface area contributed by atoms with Crippen LogP contribution in [0.1, 0.15) is 10.4 Å². The first kappa shape index (κ1) is 14.5. The Bertz CT molecular complexity index is 473. The number of halogens is 3. The highest BCUT2D eigenvalue weighted by Crippen LogP contribution is 2.14. The standard InChI is InChI=1S/C12H11ClFNS.ClH/c13-10-3-1-2-9(6-10)7-15-8-11-4-5-12(14)16-11;/h1-6,15H,7-8H2;1H. The van der Waals surface area contributed by atoms with Crippen LogP contribution in [0.4, 0.5) is 4.39 Å². The number of nitrogens with one attached hydrogen (secondary N) is 1. The minimum Gasteiger partial charge on any atom is -0.308 e. The summed E-state index contributed by atoms with van der Waals surface area (Å²) in [6, 6.07) is 11.0. The highest BCUT2D eigenvalue weighted by atomic mass is 35.5. The van der Waals surface area contributed by atoms with Gasteiger partial charge in [-0.2, -0.15) is 4.39 Å². The van der Waals surface area contributed by atoms with Gasteiger partial charge in [0, 0.05) is 23.0 Å². The van der Waals surface area contributed by atoms with Crippen molar-refractivity contribution < 1.29 is 4.39 Å². The summed E-state index contributed by atoms with van der Waals surface area (Å²) in [6.07, 6.45) is 0. The lowest BCUT2D eigenvalue weighted by Gasteiger charge is -2.03. The van der Waals surface area contributed by atoms with Crippen molar-refractivity contribution in [2.24, 2.45) is 0 Å². The van der Waals surface area contributed by atoms with Crippen LogP contribution in [0.15, 0.2) is 36.4 Å². The van der Waals surface area contributed by atoms with Gasteiger partial charge in [0.15, 0.2) is 5.13 Å². The Hall–Kier alpha value is -0.610. The molecule has 2 rings (SSSR count). The Balaban J connectivity index is 0.00000144. The second-order valence-electron chi connectivity index (χ2n) is 3.44. The van der Waals surface area contributed by atoms with Crippen LogP contribution in [0, 0.1) is 5.13 Å². The lowest BCUT2D eigenvalue weighted by molar-refractivity contribution is 0.657. The van der Waals surface area contributed by atoms with E-state index in [1.165, 1.54) is 17.4 Å². The van der Waals surface area contributed by atoms with Crippen molar-refractivity contribution in [3.63, 3.8) is 0 Å². The lowest BCUT2D eigenvalue weighted by atomic mass is 10.2. The fourth-order valence-electron chi connectivity index (χ4n) is 1.42. The van der Waals surface area contributed by atoms with Gasteiger partial charge in [0.05, 0.1) is 0 Å². The molecule has 0 amide bonds. The number of rotatable bonds is 4. The summed E-state index contributed by atoms with van der Waals surface area (Å²) < 4.78 is 12.7. The van der Waals surface area contributed by atoms with Gasteiger partial charge in [0.2, 0.25) is 0 Å². The molecule has 1 aromatic carbocycles. The Morgan fingerprint density at radius 1 is 1.18 bits per heavy atom. The van der Waals surface area contributed by atoms with Gasteiger partial charge in [-0.15, -0.1) is 23.7 Å². The van der Waals surface area contributed by atoms with E-state index in [2.05, 4.69) is 5.32 Å². The molecule has 92 valence electrons. The van der Waals surface area contributed by atoms with E-state index in [1.807, 2.05) is 24.3 Å². The third-order valence-electron chi connectivity index (χ3n) is 2.15.